The molecule has 1 atom stereocenters. The van der Waals surface area contributed by atoms with Crippen molar-refractivity contribution in [2.24, 2.45) is 7.05 Å². The van der Waals surface area contributed by atoms with Crippen molar-refractivity contribution in [2.45, 2.75) is 19.9 Å². The molecule has 0 spiro atoms. The standard InChI is InChI=1S/C23H21N7O/c1-14-17(13-24)18(8-11-25-14)29-19-7-4-6-16-20(12-21(31)30(3)22(16)19)28-15(2)23-26-9-5-10-27-23/h4-12,15,28H,1-3H3,(H,25,29). The third-order valence-corrected chi connectivity index (χ3v) is 5.13. The summed E-state index contributed by atoms with van der Waals surface area (Å²) >= 11 is 0. The zero-order valence-electron chi connectivity index (χ0n) is 17.4. The number of para-hydroxylation sites is 1. The molecule has 0 fully saturated rings. The van der Waals surface area contributed by atoms with E-state index in [-0.39, 0.29) is 11.6 Å². The molecule has 0 aliphatic carbocycles. The summed E-state index contributed by atoms with van der Waals surface area (Å²) in [6, 6.07) is 12.8. The van der Waals surface area contributed by atoms with E-state index in [2.05, 4.69) is 31.7 Å². The van der Waals surface area contributed by atoms with E-state index < -0.39 is 0 Å². The number of rotatable bonds is 5. The molecule has 4 rings (SSSR count). The van der Waals surface area contributed by atoms with Crippen LogP contribution >= 0.6 is 0 Å². The Morgan fingerprint density at radius 3 is 2.55 bits per heavy atom. The van der Waals surface area contributed by atoms with Gasteiger partial charge in [-0.15, -0.1) is 0 Å². The van der Waals surface area contributed by atoms with Gasteiger partial charge in [-0.1, -0.05) is 12.1 Å². The van der Waals surface area contributed by atoms with Gasteiger partial charge in [-0.3, -0.25) is 9.78 Å². The van der Waals surface area contributed by atoms with Crippen LogP contribution in [0.1, 0.15) is 30.0 Å². The van der Waals surface area contributed by atoms with E-state index in [0.717, 1.165) is 10.9 Å². The lowest BCUT2D eigenvalue weighted by Crippen LogP contribution is -2.19. The average molecular weight is 411 g/mol. The molecule has 154 valence electrons. The molecule has 8 heteroatoms. The highest BCUT2D eigenvalue weighted by Gasteiger charge is 2.15. The third-order valence-electron chi connectivity index (χ3n) is 5.13. The number of anilines is 3. The average Bonchev–Trinajstić information content (AvgIpc) is 2.78. The Hall–Kier alpha value is -4.25. The van der Waals surface area contributed by atoms with Gasteiger partial charge in [0.1, 0.15) is 11.9 Å². The van der Waals surface area contributed by atoms with Crippen LogP contribution in [0, 0.1) is 18.3 Å². The highest BCUT2D eigenvalue weighted by atomic mass is 16.1. The maximum absolute atomic E-state index is 12.8. The van der Waals surface area contributed by atoms with E-state index in [1.54, 1.807) is 55.3 Å². The molecule has 0 saturated carbocycles. The van der Waals surface area contributed by atoms with Crippen LogP contribution in [0.15, 0.2) is 59.8 Å². The number of nitrogens with zero attached hydrogens (tertiary/aromatic N) is 5. The smallest absolute Gasteiger partial charge is 0.252 e. The fourth-order valence-electron chi connectivity index (χ4n) is 3.54. The Bertz CT molecular complexity index is 1360. The van der Waals surface area contributed by atoms with Crippen molar-refractivity contribution >= 4 is 28.0 Å². The summed E-state index contributed by atoms with van der Waals surface area (Å²) in [5.41, 5.74) is 3.71. The monoisotopic (exact) mass is 411 g/mol. The van der Waals surface area contributed by atoms with Gasteiger partial charge in [0.15, 0.2) is 0 Å². The van der Waals surface area contributed by atoms with Crippen LogP contribution in [0.2, 0.25) is 0 Å². The minimum absolute atomic E-state index is 0.156. The second-order valence-electron chi connectivity index (χ2n) is 7.19. The molecule has 0 bridgehead atoms. The summed E-state index contributed by atoms with van der Waals surface area (Å²) in [5, 5.41) is 17.1. The number of fused-ring (bicyclic) bond motifs is 1. The number of nitriles is 1. The van der Waals surface area contributed by atoms with Crippen molar-refractivity contribution in [3.05, 3.63) is 82.4 Å². The quantitative estimate of drug-likeness (QED) is 0.514. The molecule has 0 amide bonds. The minimum atomic E-state index is -0.193. The Kier molecular flexibility index (Phi) is 5.33. The van der Waals surface area contributed by atoms with E-state index in [9.17, 15) is 10.1 Å². The van der Waals surface area contributed by atoms with Crippen LogP contribution in [0.4, 0.5) is 17.1 Å². The molecule has 31 heavy (non-hydrogen) atoms. The topological polar surface area (TPSA) is 109 Å². The first-order valence-electron chi connectivity index (χ1n) is 9.78. The molecule has 0 radical (unpaired) electrons. The molecule has 1 unspecified atom stereocenters. The van der Waals surface area contributed by atoms with Gasteiger partial charge in [0.2, 0.25) is 0 Å². The van der Waals surface area contributed by atoms with Gasteiger partial charge < -0.3 is 15.2 Å². The number of aromatic nitrogens is 4. The van der Waals surface area contributed by atoms with Gasteiger partial charge in [0.05, 0.1) is 34.2 Å². The fourth-order valence-corrected chi connectivity index (χ4v) is 3.54. The molecule has 3 heterocycles. The molecule has 0 aliphatic heterocycles. The predicted molar refractivity (Wildman–Crippen MR) is 120 cm³/mol. The first-order chi connectivity index (χ1) is 15.0. The van der Waals surface area contributed by atoms with Gasteiger partial charge in [0.25, 0.3) is 5.56 Å². The summed E-state index contributed by atoms with van der Waals surface area (Å²) in [4.78, 5) is 25.5. The SMILES string of the molecule is Cc1nccc(Nc2cccc3c(NC(C)c4ncccn4)cc(=O)n(C)c23)c1C#N. The first kappa shape index (κ1) is 20.0. The van der Waals surface area contributed by atoms with Gasteiger partial charge in [-0.25, -0.2) is 9.97 Å². The van der Waals surface area contributed by atoms with Crippen molar-refractivity contribution in [2.75, 3.05) is 10.6 Å². The van der Waals surface area contributed by atoms with Crippen molar-refractivity contribution in [1.82, 2.24) is 19.5 Å². The van der Waals surface area contributed by atoms with Crippen molar-refractivity contribution in [3.8, 4) is 6.07 Å². The molecule has 2 N–H and O–H groups in total. The van der Waals surface area contributed by atoms with Gasteiger partial charge in [-0.05, 0) is 32.0 Å². The van der Waals surface area contributed by atoms with Crippen molar-refractivity contribution in [1.29, 1.82) is 5.26 Å². The van der Waals surface area contributed by atoms with E-state index in [4.69, 9.17) is 0 Å². The number of hydrogen-bond acceptors (Lipinski definition) is 7. The van der Waals surface area contributed by atoms with Crippen LogP contribution < -0.4 is 16.2 Å². The largest absolute Gasteiger partial charge is 0.375 e. The minimum Gasteiger partial charge on any atom is -0.375 e. The van der Waals surface area contributed by atoms with E-state index in [0.29, 0.717) is 34.1 Å². The van der Waals surface area contributed by atoms with Gasteiger partial charge in [-0.2, -0.15) is 5.26 Å². The Labute approximate surface area is 179 Å². The Morgan fingerprint density at radius 2 is 1.81 bits per heavy atom. The second-order valence-corrected chi connectivity index (χ2v) is 7.19. The number of pyridine rings is 2. The highest BCUT2D eigenvalue weighted by Crippen LogP contribution is 2.32. The summed E-state index contributed by atoms with van der Waals surface area (Å²) in [5.74, 6) is 0.636. The number of aryl methyl sites for hydroxylation is 2. The van der Waals surface area contributed by atoms with Crippen LogP contribution in [-0.2, 0) is 7.05 Å². The zero-order valence-corrected chi connectivity index (χ0v) is 17.4. The lowest BCUT2D eigenvalue weighted by molar-refractivity contribution is 0.788. The van der Waals surface area contributed by atoms with Crippen LogP contribution in [0.5, 0.6) is 0 Å². The van der Waals surface area contributed by atoms with Gasteiger partial charge in [0, 0.05) is 42.8 Å². The molecule has 0 saturated heterocycles. The molecule has 3 aromatic heterocycles. The summed E-state index contributed by atoms with van der Waals surface area (Å²) in [6.45, 7) is 3.73. The second kappa shape index (κ2) is 8.24. The molecular formula is C23H21N7O. The van der Waals surface area contributed by atoms with E-state index >= 15 is 0 Å². The van der Waals surface area contributed by atoms with E-state index in [1.807, 2.05) is 25.1 Å². The maximum Gasteiger partial charge on any atom is 0.252 e. The fraction of sp³-hybridized carbons (Fsp3) is 0.174. The lowest BCUT2D eigenvalue weighted by atomic mass is 10.1. The Balaban J connectivity index is 1.82. The highest BCUT2D eigenvalue weighted by molar-refractivity contribution is 6.00. The summed E-state index contributed by atoms with van der Waals surface area (Å²) < 4.78 is 1.59. The predicted octanol–water partition coefficient (Wildman–Crippen LogP) is 3.82. The number of hydrogen-bond donors (Lipinski definition) is 2. The normalized spacial score (nSPS) is 11.7. The number of nitrogens with one attached hydrogen (secondary N) is 2. The third kappa shape index (κ3) is 3.81. The molecule has 0 aliphatic rings. The first-order valence-corrected chi connectivity index (χ1v) is 9.78. The lowest BCUT2D eigenvalue weighted by Gasteiger charge is -2.19. The van der Waals surface area contributed by atoms with Gasteiger partial charge >= 0.3 is 0 Å². The zero-order chi connectivity index (χ0) is 22.0. The number of benzene rings is 1. The van der Waals surface area contributed by atoms with E-state index in [1.165, 1.54) is 0 Å². The molecular weight excluding hydrogens is 390 g/mol. The maximum atomic E-state index is 12.8. The van der Waals surface area contributed by atoms with Crippen molar-refractivity contribution in [3.63, 3.8) is 0 Å². The van der Waals surface area contributed by atoms with Crippen LogP contribution in [-0.4, -0.2) is 19.5 Å². The molecule has 8 nitrogen and oxygen atoms in total. The van der Waals surface area contributed by atoms with Crippen LogP contribution in [0.3, 0.4) is 0 Å². The summed E-state index contributed by atoms with van der Waals surface area (Å²) in [7, 11) is 1.73. The Morgan fingerprint density at radius 1 is 1.03 bits per heavy atom. The van der Waals surface area contributed by atoms with Crippen molar-refractivity contribution < 1.29 is 0 Å². The van der Waals surface area contributed by atoms with Crippen LogP contribution in [0.25, 0.3) is 10.9 Å². The molecule has 1 aromatic carbocycles. The molecule has 4 aromatic rings. The summed E-state index contributed by atoms with van der Waals surface area (Å²) in [6.07, 6.45) is 5.03.